The largest absolute Gasteiger partial charge is 0.0651 e. The van der Waals surface area contributed by atoms with Gasteiger partial charge in [0.25, 0.3) is 0 Å². The minimum atomic E-state index is 0.684. The highest BCUT2D eigenvalue weighted by molar-refractivity contribution is 5.10. The maximum absolute atomic E-state index is 2.60. The van der Waals surface area contributed by atoms with Gasteiger partial charge in [0, 0.05) is 0 Å². The monoisotopic (exact) mass is 220 g/mol. The second-order valence-corrected chi connectivity index (χ2v) is 7.45. The van der Waals surface area contributed by atoms with Crippen LogP contribution in [-0.4, -0.2) is 0 Å². The van der Waals surface area contributed by atoms with E-state index in [9.17, 15) is 0 Å². The quantitative estimate of drug-likeness (QED) is 0.630. The molecular weight excluding hydrogens is 192 g/mol. The average molecular weight is 220 g/mol. The molecule has 0 spiro atoms. The summed E-state index contributed by atoms with van der Waals surface area (Å²) in [7, 11) is 0. The molecule has 0 aliphatic heterocycles. The second kappa shape index (κ2) is 3.50. The molecule has 0 saturated heterocycles. The SMILES string of the molecule is CCC1CCC2C3CC(C12)C(C)(C(C)C)C3. The highest BCUT2D eigenvalue weighted by atomic mass is 14.7. The van der Waals surface area contributed by atoms with Crippen LogP contribution in [0.3, 0.4) is 0 Å². The van der Waals surface area contributed by atoms with Crippen molar-refractivity contribution in [3.63, 3.8) is 0 Å². The first kappa shape index (κ1) is 11.1. The molecule has 3 aliphatic rings. The van der Waals surface area contributed by atoms with Crippen molar-refractivity contribution < 1.29 is 0 Å². The fraction of sp³-hybridized carbons (Fsp3) is 1.00. The Morgan fingerprint density at radius 2 is 2.00 bits per heavy atom. The van der Waals surface area contributed by atoms with E-state index in [1.165, 1.54) is 6.42 Å². The third-order valence-corrected chi connectivity index (χ3v) is 6.93. The fourth-order valence-electron chi connectivity index (χ4n) is 5.78. The third-order valence-electron chi connectivity index (χ3n) is 6.93. The van der Waals surface area contributed by atoms with Crippen LogP contribution in [0.5, 0.6) is 0 Å². The molecule has 3 saturated carbocycles. The highest BCUT2D eigenvalue weighted by Gasteiger charge is 2.61. The van der Waals surface area contributed by atoms with Crippen LogP contribution in [0.1, 0.15) is 59.8 Å². The van der Waals surface area contributed by atoms with Crippen molar-refractivity contribution in [2.75, 3.05) is 0 Å². The van der Waals surface area contributed by atoms with Gasteiger partial charge in [-0.15, -0.1) is 0 Å². The van der Waals surface area contributed by atoms with Crippen LogP contribution in [0.4, 0.5) is 0 Å². The van der Waals surface area contributed by atoms with Gasteiger partial charge >= 0.3 is 0 Å². The second-order valence-electron chi connectivity index (χ2n) is 7.45. The summed E-state index contributed by atoms with van der Waals surface area (Å²) in [6.07, 6.45) is 7.69. The van der Waals surface area contributed by atoms with Crippen molar-refractivity contribution in [2.45, 2.75) is 59.8 Å². The molecule has 3 rings (SSSR count). The van der Waals surface area contributed by atoms with Crippen LogP contribution in [-0.2, 0) is 0 Å². The minimum Gasteiger partial charge on any atom is -0.0651 e. The smallest absolute Gasteiger partial charge is 0.0269 e. The molecule has 0 radical (unpaired) electrons. The zero-order valence-corrected chi connectivity index (χ0v) is 11.5. The van der Waals surface area contributed by atoms with Gasteiger partial charge in [0.2, 0.25) is 0 Å². The molecule has 0 aromatic rings. The van der Waals surface area contributed by atoms with E-state index in [0.717, 1.165) is 35.5 Å². The summed E-state index contributed by atoms with van der Waals surface area (Å²) in [5, 5.41) is 0. The number of hydrogen-bond acceptors (Lipinski definition) is 0. The van der Waals surface area contributed by atoms with Gasteiger partial charge in [-0.05, 0) is 66.6 Å². The summed E-state index contributed by atoms with van der Waals surface area (Å²) in [6.45, 7) is 9.95. The molecule has 6 atom stereocenters. The first-order chi connectivity index (χ1) is 7.58. The van der Waals surface area contributed by atoms with E-state index >= 15 is 0 Å². The van der Waals surface area contributed by atoms with Gasteiger partial charge in [0.05, 0.1) is 0 Å². The van der Waals surface area contributed by atoms with E-state index in [-0.39, 0.29) is 0 Å². The molecule has 16 heavy (non-hydrogen) atoms. The number of rotatable bonds is 2. The van der Waals surface area contributed by atoms with Crippen molar-refractivity contribution in [3.8, 4) is 0 Å². The molecule has 2 bridgehead atoms. The van der Waals surface area contributed by atoms with E-state index < -0.39 is 0 Å². The zero-order valence-electron chi connectivity index (χ0n) is 11.5. The van der Waals surface area contributed by atoms with Crippen molar-refractivity contribution in [2.24, 2.45) is 40.9 Å². The lowest BCUT2D eigenvalue weighted by atomic mass is 9.60. The molecule has 0 aromatic carbocycles. The summed E-state index contributed by atoms with van der Waals surface area (Å²) in [5.41, 5.74) is 0.684. The topological polar surface area (TPSA) is 0 Å². The first-order valence-corrected chi connectivity index (χ1v) is 7.58. The van der Waals surface area contributed by atoms with Crippen molar-refractivity contribution in [3.05, 3.63) is 0 Å². The van der Waals surface area contributed by atoms with Crippen LogP contribution in [0, 0.1) is 40.9 Å². The van der Waals surface area contributed by atoms with Crippen LogP contribution in [0.15, 0.2) is 0 Å². The van der Waals surface area contributed by atoms with Crippen LogP contribution >= 0.6 is 0 Å². The van der Waals surface area contributed by atoms with Crippen LogP contribution in [0.2, 0.25) is 0 Å². The molecular formula is C16H28. The van der Waals surface area contributed by atoms with E-state index in [1.54, 1.807) is 25.7 Å². The Labute approximate surface area is 101 Å². The summed E-state index contributed by atoms with van der Waals surface area (Å²) in [6, 6.07) is 0. The fourth-order valence-corrected chi connectivity index (χ4v) is 5.78. The van der Waals surface area contributed by atoms with Crippen molar-refractivity contribution >= 4 is 0 Å². The van der Waals surface area contributed by atoms with Crippen LogP contribution in [0.25, 0.3) is 0 Å². The Kier molecular flexibility index (Phi) is 2.43. The van der Waals surface area contributed by atoms with Gasteiger partial charge in [-0.2, -0.15) is 0 Å². The Bertz CT molecular complexity index is 280. The summed E-state index contributed by atoms with van der Waals surface area (Å²) >= 11 is 0. The third kappa shape index (κ3) is 1.22. The van der Waals surface area contributed by atoms with E-state index in [0.29, 0.717) is 5.41 Å². The summed E-state index contributed by atoms with van der Waals surface area (Å²) in [5.74, 6) is 6.42. The maximum Gasteiger partial charge on any atom is -0.0269 e. The van der Waals surface area contributed by atoms with Gasteiger partial charge in [0.15, 0.2) is 0 Å². The molecule has 0 heterocycles. The number of hydrogen-bond donors (Lipinski definition) is 0. The average Bonchev–Trinajstić information content (AvgIpc) is 2.85. The van der Waals surface area contributed by atoms with E-state index in [1.807, 2.05) is 0 Å². The molecule has 92 valence electrons. The van der Waals surface area contributed by atoms with Crippen molar-refractivity contribution in [1.82, 2.24) is 0 Å². The normalized spacial score (nSPS) is 54.9. The standard InChI is InChI=1S/C16H28/c1-5-11-6-7-13-12-8-14(15(11)13)16(4,9-12)10(2)3/h10-15H,5-9H2,1-4H3. The van der Waals surface area contributed by atoms with E-state index in [4.69, 9.17) is 0 Å². The number of fused-ring (bicyclic) bond motifs is 5. The molecule has 0 nitrogen and oxygen atoms in total. The van der Waals surface area contributed by atoms with Gasteiger partial charge < -0.3 is 0 Å². The lowest BCUT2D eigenvalue weighted by Gasteiger charge is -2.45. The molecule has 0 amide bonds. The molecule has 3 fully saturated rings. The molecule has 3 aliphatic carbocycles. The van der Waals surface area contributed by atoms with Crippen molar-refractivity contribution in [1.29, 1.82) is 0 Å². The Balaban J connectivity index is 1.89. The maximum atomic E-state index is 2.60. The molecule has 0 N–H and O–H groups in total. The van der Waals surface area contributed by atoms with Crippen LogP contribution < -0.4 is 0 Å². The summed E-state index contributed by atoms with van der Waals surface area (Å²) in [4.78, 5) is 0. The minimum absolute atomic E-state index is 0.684. The Morgan fingerprint density at radius 1 is 1.25 bits per heavy atom. The van der Waals surface area contributed by atoms with Gasteiger partial charge in [-0.1, -0.05) is 34.1 Å². The Morgan fingerprint density at radius 3 is 2.62 bits per heavy atom. The zero-order chi connectivity index (χ0) is 11.5. The predicted molar refractivity (Wildman–Crippen MR) is 69.2 cm³/mol. The summed E-state index contributed by atoms with van der Waals surface area (Å²) < 4.78 is 0. The lowest BCUT2D eigenvalue weighted by molar-refractivity contribution is 0.0355. The molecule has 0 aromatic heterocycles. The van der Waals surface area contributed by atoms with Gasteiger partial charge in [-0.25, -0.2) is 0 Å². The first-order valence-electron chi connectivity index (χ1n) is 7.58. The van der Waals surface area contributed by atoms with Gasteiger partial charge in [0.1, 0.15) is 0 Å². The molecule has 6 unspecified atom stereocenters. The lowest BCUT2D eigenvalue weighted by Crippen LogP contribution is -2.38. The van der Waals surface area contributed by atoms with Gasteiger partial charge in [-0.3, -0.25) is 0 Å². The highest BCUT2D eigenvalue weighted by Crippen LogP contribution is 2.69. The predicted octanol–water partition coefficient (Wildman–Crippen LogP) is 4.74. The molecule has 0 heteroatoms. The Hall–Kier alpha value is 0. The van der Waals surface area contributed by atoms with E-state index in [2.05, 4.69) is 27.7 Å².